The van der Waals surface area contributed by atoms with Crippen LogP contribution in [0, 0.1) is 20.8 Å². The molecule has 1 aromatic carbocycles. The van der Waals surface area contributed by atoms with Crippen molar-refractivity contribution in [3.8, 4) is 0 Å². The molecule has 0 radical (unpaired) electrons. The zero-order valence-corrected chi connectivity index (χ0v) is 14.6. The molecule has 1 N–H and O–H groups in total. The number of carbonyl (C=O) groups is 1. The normalized spacial score (nSPS) is 18.0. The number of carbonyl (C=O) groups excluding carboxylic acids is 1. The van der Waals surface area contributed by atoms with Crippen molar-refractivity contribution in [3.63, 3.8) is 0 Å². The third-order valence-electron chi connectivity index (χ3n) is 4.87. The summed E-state index contributed by atoms with van der Waals surface area (Å²) in [6, 6.07) is 8.63. The van der Waals surface area contributed by atoms with E-state index in [-0.39, 0.29) is 5.91 Å². The zero-order valence-electron chi connectivity index (χ0n) is 14.6. The van der Waals surface area contributed by atoms with Crippen LogP contribution in [0.2, 0.25) is 0 Å². The number of nitrogens with one attached hydrogen (secondary N) is 1. The molecule has 24 heavy (non-hydrogen) atoms. The van der Waals surface area contributed by atoms with Crippen LogP contribution < -0.4 is 5.32 Å². The van der Waals surface area contributed by atoms with Gasteiger partial charge in [-0.05, 0) is 50.8 Å². The van der Waals surface area contributed by atoms with Gasteiger partial charge < -0.3 is 14.7 Å². The number of rotatable bonds is 5. The Balaban J connectivity index is 1.49. The van der Waals surface area contributed by atoms with Crippen LogP contribution in [0.1, 0.15) is 45.3 Å². The molecule has 2 aromatic rings. The van der Waals surface area contributed by atoms with Crippen molar-refractivity contribution >= 4 is 5.91 Å². The molecular formula is C19H25N3O2. The molecule has 5 nitrogen and oxygen atoms in total. The lowest BCUT2D eigenvalue weighted by molar-refractivity contribution is 0.0947. The summed E-state index contributed by atoms with van der Waals surface area (Å²) in [6.45, 7) is 9.40. The predicted molar refractivity (Wildman–Crippen MR) is 93.3 cm³/mol. The molecule has 1 amide bonds. The Bertz CT molecular complexity index is 704. The van der Waals surface area contributed by atoms with Gasteiger partial charge in [-0.25, -0.2) is 0 Å². The molecule has 0 saturated carbocycles. The summed E-state index contributed by atoms with van der Waals surface area (Å²) >= 11 is 0. The molecule has 3 rings (SSSR count). The maximum atomic E-state index is 12.2. The summed E-state index contributed by atoms with van der Waals surface area (Å²) in [5.41, 5.74) is 4.04. The molecule has 1 aliphatic rings. The van der Waals surface area contributed by atoms with Crippen molar-refractivity contribution < 1.29 is 9.32 Å². The maximum Gasteiger partial charge on any atom is 0.256 e. The van der Waals surface area contributed by atoms with E-state index in [0.717, 1.165) is 19.6 Å². The van der Waals surface area contributed by atoms with Gasteiger partial charge in [0.1, 0.15) is 11.3 Å². The molecular weight excluding hydrogens is 302 g/mol. The number of nitrogens with zero attached hydrogens (tertiary/aromatic N) is 2. The number of aromatic nitrogens is 1. The van der Waals surface area contributed by atoms with E-state index in [1.54, 1.807) is 13.8 Å². The van der Waals surface area contributed by atoms with Crippen LogP contribution in [-0.2, 0) is 0 Å². The number of likely N-dealkylation sites (tertiary alicyclic amines) is 1. The minimum absolute atomic E-state index is 0.0964. The van der Waals surface area contributed by atoms with Gasteiger partial charge in [-0.15, -0.1) is 0 Å². The molecule has 2 heterocycles. The number of hydrogen-bond donors (Lipinski definition) is 1. The Morgan fingerprint density at radius 2 is 2.12 bits per heavy atom. The molecule has 1 fully saturated rings. The average Bonchev–Trinajstić information content (AvgIpc) is 3.15. The summed E-state index contributed by atoms with van der Waals surface area (Å²) in [7, 11) is 0. The van der Waals surface area contributed by atoms with E-state index in [1.807, 2.05) is 0 Å². The highest BCUT2D eigenvalue weighted by molar-refractivity contribution is 5.96. The van der Waals surface area contributed by atoms with Gasteiger partial charge in [0.15, 0.2) is 0 Å². The monoisotopic (exact) mass is 327 g/mol. The first-order valence-corrected chi connectivity index (χ1v) is 8.55. The van der Waals surface area contributed by atoms with E-state index in [0.29, 0.717) is 29.5 Å². The summed E-state index contributed by atoms with van der Waals surface area (Å²) < 4.78 is 5.05. The molecule has 0 unspecified atom stereocenters. The van der Waals surface area contributed by atoms with Gasteiger partial charge in [0, 0.05) is 19.6 Å². The lowest BCUT2D eigenvalue weighted by Crippen LogP contribution is -2.34. The van der Waals surface area contributed by atoms with Crippen LogP contribution in [-0.4, -0.2) is 42.1 Å². The third-order valence-corrected chi connectivity index (χ3v) is 4.87. The minimum Gasteiger partial charge on any atom is -0.361 e. The zero-order chi connectivity index (χ0) is 17.1. The Hall–Kier alpha value is -2.14. The second kappa shape index (κ2) is 7.18. The van der Waals surface area contributed by atoms with Crippen molar-refractivity contribution in [1.29, 1.82) is 0 Å². The fourth-order valence-corrected chi connectivity index (χ4v) is 3.56. The predicted octanol–water partition coefficient (Wildman–Crippen LogP) is 2.82. The van der Waals surface area contributed by atoms with Gasteiger partial charge >= 0.3 is 0 Å². The van der Waals surface area contributed by atoms with E-state index < -0.39 is 0 Å². The van der Waals surface area contributed by atoms with Crippen LogP contribution in [0.25, 0.3) is 0 Å². The van der Waals surface area contributed by atoms with Crippen LogP contribution in [0.3, 0.4) is 0 Å². The van der Waals surface area contributed by atoms with Crippen molar-refractivity contribution in [2.45, 2.75) is 33.1 Å². The standard InChI is InChI=1S/C19H25N3O2/c1-13-6-4-5-7-17(13)16-8-10-22(12-16)11-9-20-19(23)18-14(2)21-24-15(18)3/h4-7,16H,8-12H2,1-3H3,(H,20,23)/t16-/m1/s1. The first-order chi connectivity index (χ1) is 11.6. The molecule has 1 aromatic heterocycles. The minimum atomic E-state index is -0.0964. The van der Waals surface area contributed by atoms with E-state index in [9.17, 15) is 4.79 Å². The van der Waals surface area contributed by atoms with Gasteiger partial charge in [0.05, 0.1) is 5.69 Å². The average molecular weight is 327 g/mol. The second-order valence-corrected chi connectivity index (χ2v) is 6.60. The maximum absolute atomic E-state index is 12.2. The van der Waals surface area contributed by atoms with Crippen molar-refractivity contribution in [2.24, 2.45) is 0 Å². The summed E-state index contributed by atoms with van der Waals surface area (Å²) in [4.78, 5) is 14.6. The topological polar surface area (TPSA) is 58.4 Å². The molecule has 1 aliphatic heterocycles. The Morgan fingerprint density at radius 1 is 1.33 bits per heavy atom. The Morgan fingerprint density at radius 3 is 2.83 bits per heavy atom. The van der Waals surface area contributed by atoms with Gasteiger partial charge in [0.2, 0.25) is 0 Å². The number of hydrogen-bond acceptors (Lipinski definition) is 4. The van der Waals surface area contributed by atoms with Crippen LogP contribution in [0.5, 0.6) is 0 Å². The largest absolute Gasteiger partial charge is 0.361 e. The summed E-state index contributed by atoms with van der Waals surface area (Å²) in [6.07, 6.45) is 1.18. The highest BCUT2D eigenvalue weighted by atomic mass is 16.5. The highest BCUT2D eigenvalue weighted by Gasteiger charge is 2.24. The molecule has 5 heteroatoms. The van der Waals surface area contributed by atoms with E-state index in [4.69, 9.17) is 4.52 Å². The van der Waals surface area contributed by atoms with Gasteiger partial charge in [0.25, 0.3) is 5.91 Å². The molecule has 128 valence electrons. The van der Waals surface area contributed by atoms with Crippen molar-refractivity contribution in [3.05, 3.63) is 52.4 Å². The second-order valence-electron chi connectivity index (χ2n) is 6.60. The van der Waals surface area contributed by atoms with E-state index in [2.05, 4.69) is 46.6 Å². The van der Waals surface area contributed by atoms with E-state index >= 15 is 0 Å². The van der Waals surface area contributed by atoms with Crippen LogP contribution in [0.15, 0.2) is 28.8 Å². The van der Waals surface area contributed by atoms with Crippen LogP contribution in [0.4, 0.5) is 0 Å². The quantitative estimate of drug-likeness (QED) is 0.917. The molecule has 1 saturated heterocycles. The van der Waals surface area contributed by atoms with Crippen molar-refractivity contribution in [2.75, 3.05) is 26.2 Å². The highest BCUT2D eigenvalue weighted by Crippen LogP contribution is 2.28. The van der Waals surface area contributed by atoms with Gasteiger partial charge in [-0.1, -0.05) is 29.4 Å². The molecule has 0 aliphatic carbocycles. The van der Waals surface area contributed by atoms with Crippen molar-refractivity contribution in [1.82, 2.24) is 15.4 Å². The fourth-order valence-electron chi connectivity index (χ4n) is 3.56. The first kappa shape index (κ1) is 16.7. The van der Waals surface area contributed by atoms with Crippen LogP contribution >= 0.6 is 0 Å². The van der Waals surface area contributed by atoms with Gasteiger partial charge in [-0.3, -0.25) is 4.79 Å². The summed E-state index contributed by atoms with van der Waals surface area (Å²) in [5.74, 6) is 1.08. The first-order valence-electron chi connectivity index (χ1n) is 8.55. The van der Waals surface area contributed by atoms with Gasteiger partial charge in [-0.2, -0.15) is 0 Å². The third kappa shape index (κ3) is 3.51. The Labute approximate surface area is 143 Å². The smallest absolute Gasteiger partial charge is 0.256 e. The number of aryl methyl sites for hydroxylation is 3. The lowest BCUT2D eigenvalue weighted by Gasteiger charge is -2.17. The number of benzene rings is 1. The fraction of sp³-hybridized carbons (Fsp3) is 0.474. The molecule has 0 spiro atoms. The molecule has 0 bridgehead atoms. The van der Waals surface area contributed by atoms with E-state index in [1.165, 1.54) is 17.5 Å². The number of amides is 1. The Kier molecular flexibility index (Phi) is 5.00. The summed E-state index contributed by atoms with van der Waals surface area (Å²) in [5, 5.41) is 6.81. The lowest BCUT2D eigenvalue weighted by atomic mass is 9.94. The SMILES string of the molecule is Cc1ccccc1[C@@H]1CCN(CCNC(=O)c2c(C)noc2C)C1. The molecule has 1 atom stereocenters.